The SMILES string of the molecule is CC1(C(=O)C(=O)O)CCCc2ccccc21. The Morgan fingerprint density at radius 2 is 2.00 bits per heavy atom. The number of ketones is 1. The van der Waals surface area contributed by atoms with Crippen LogP contribution in [0.5, 0.6) is 0 Å². The minimum absolute atomic E-state index is 0.620. The van der Waals surface area contributed by atoms with Crippen LogP contribution < -0.4 is 0 Å². The minimum atomic E-state index is -1.33. The third-order valence-corrected chi connectivity index (χ3v) is 3.43. The Morgan fingerprint density at radius 3 is 2.69 bits per heavy atom. The first-order valence-corrected chi connectivity index (χ1v) is 5.42. The highest BCUT2D eigenvalue weighted by molar-refractivity contribution is 6.36. The summed E-state index contributed by atoms with van der Waals surface area (Å²) < 4.78 is 0. The molecule has 0 saturated heterocycles. The van der Waals surface area contributed by atoms with Crippen molar-refractivity contribution in [3.63, 3.8) is 0 Å². The molecule has 1 aliphatic carbocycles. The van der Waals surface area contributed by atoms with Crippen LogP contribution in [-0.2, 0) is 21.4 Å². The first kappa shape index (κ1) is 10.9. The summed E-state index contributed by atoms with van der Waals surface area (Å²) in [5.41, 5.74) is 1.14. The molecule has 1 atom stereocenters. The number of carboxylic acids is 1. The fourth-order valence-corrected chi connectivity index (χ4v) is 2.52. The Morgan fingerprint density at radius 1 is 1.31 bits per heavy atom. The maximum absolute atomic E-state index is 11.8. The zero-order valence-corrected chi connectivity index (χ0v) is 9.19. The highest BCUT2D eigenvalue weighted by Gasteiger charge is 2.41. The van der Waals surface area contributed by atoms with E-state index >= 15 is 0 Å². The van der Waals surface area contributed by atoms with Crippen LogP contribution in [-0.4, -0.2) is 16.9 Å². The number of carbonyl (C=O) groups is 2. The number of fused-ring (bicyclic) bond motifs is 1. The lowest BCUT2D eigenvalue weighted by atomic mass is 9.69. The molecule has 0 aliphatic heterocycles. The smallest absolute Gasteiger partial charge is 0.373 e. The molecule has 1 aromatic rings. The highest BCUT2D eigenvalue weighted by atomic mass is 16.4. The monoisotopic (exact) mass is 218 g/mol. The van der Waals surface area contributed by atoms with Gasteiger partial charge in [-0.05, 0) is 37.3 Å². The van der Waals surface area contributed by atoms with Gasteiger partial charge < -0.3 is 5.11 Å². The maximum Gasteiger partial charge on any atom is 0.373 e. The van der Waals surface area contributed by atoms with E-state index in [4.69, 9.17) is 5.11 Å². The number of rotatable bonds is 2. The molecule has 0 saturated carbocycles. The molecule has 0 aromatic heterocycles. The van der Waals surface area contributed by atoms with Gasteiger partial charge in [0.2, 0.25) is 5.78 Å². The van der Waals surface area contributed by atoms with Crippen molar-refractivity contribution in [1.82, 2.24) is 0 Å². The third kappa shape index (κ3) is 1.52. The predicted molar refractivity (Wildman–Crippen MR) is 59.4 cm³/mol. The van der Waals surface area contributed by atoms with Gasteiger partial charge in [-0.3, -0.25) is 4.79 Å². The lowest BCUT2D eigenvalue weighted by Gasteiger charge is -2.33. The van der Waals surface area contributed by atoms with Crippen molar-refractivity contribution in [1.29, 1.82) is 0 Å². The van der Waals surface area contributed by atoms with Gasteiger partial charge in [0, 0.05) is 0 Å². The van der Waals surface area contributed by atoms with Crippen molar-refractivity contribution < 1.29 is 14.7 Å². The van der Waals surface area contributed by atoms with E-state index in [2.05, 4.69) is 0 Å². The lowest BCUT2D eigenvalue weighted by molar-refractivity contribution is -0.152. The molecule has 0 heterocycles. The van der Waals surface area contributed by atoms with E-state index in [0.29, 0.717) is 6.42 Å². The number of aliphatic carboxylic acids is 1. The number of hydrogen-bond donors (Lipinski definition) is 1. The van der Waals surface area contributed by atoms with Crippen LogP contribution in [0.2, 0.25) is 0 Å². The molecule has 0 amide bonds. The second kappa shape index (κ2) is 3.74. The van der Waals surface area contributed by atoms with Crippen molar-refractivity contribution in [2.75, 3.05) is 0 Å². The normalized spacial score (nSPS) is 23.6. The highest BCUT2D eigenvalue weighted by Crippen LogP contribution is 2.37. The average Bonchev–Trinajstić information content (AvgIpc) is 2.28. The van der Waals surface area contributed by atoms with E-state index in [1.807, 2.05) is 24.3 Å². The van der Waals surface area contributed by atoms with E-state index in [0.717, 1.165) is 24.0 Å². The minimum Gasteiger partial charge on any atom is -0.475 e. The number of Topliss-reactive ketones (excluding diaryl/α,β-unsaturated/α-hetero) is 1. The van der Waals surface area contributed by atoms with Gasteiger partial charge in [0.05, 0.1) is 5.41 Å². The van der Waals surface area contributed by atoms with Gasteiger partial charge in [0.15, 0.2) is 0 Å². The lowest BCUT2D eigenvalue weighted by Crippen LogP contribution is -2.40. The molecule has 3 nitrogen and oxygen atoms in total. The van der Waals surface area contributed by atoms with Gasteiger partial charge in [0.1, 0.15) is 0 Å². The average molecular weight is 218 g/mol. The number of benzene rings is 1. The topological polar surface area (TPSA) is 54.4 Å². The Bertz CT molecular complexity index is 450. The molecule has 84 valence electrons. The Balaban J connectivity index is 2.52. The van der Waals surface area contributed by atoms with E-state index in [-0.39, 0.29) is 0 Å². The zero-order valence-electron chi connectivity index (χ0n) is 9.19. The van der Waals surface area contributed by atoms with Crippen molar-refractivity contribution in [3.05, 3.63) is 35.4 Å². The molecule has 1 aliphatic rings. The van der Waals surface area contributed by atoms with Crippen LogP contribution in [0.25, 0.3) is 0 Å². The number of carbonyl (C=O) groups excluding carboxylic acids is 1. The molecule has 1 N–H and O–H groups in total. The number of carboxylic acid groups (broad SMARTS) is 1. The largest absolute Gasteiger partial charge is 0.475 e. The maximum atomic E-state index is 11.8. The van der Waals surface area contributed by atoms with Gasteiger partial charge in [-0.15, -0.1) is 0 Å². The van der Waals surface area contributed by atoms with Crippen molar-refractivity contribution in [2.45, 2.75) is 31.6 Å². The molecule has 0 spiro atoms. The number of aryl methyl sites for hydroxylation is 1. The van der Waals surface area contributed by atoms with Crippen molar-refractivity contribution in [3.8, 4) is 0 Å². The van der Waals surface area contributed by atoms with Gasteiger partial charge in [-0.1, -0.05) is 24.3 Å². The van der Waals surface area contributed by atoms with Gasteiger partial charge >= 0.3 is 5.97 Å². The van der Waals surface area contributed by atoms with Crippen LogP contribution in [0.3, 0.4) is 0 Å². The fraction of sp³-hybridized carbons (Fsp3) is 0.385. The fourth-order valence-electron chi connectivity index (χ4n) is 2.52. The summed E-state index contributed by atoms with van der Waals surface area (Å²) in [7, 11) is 0. The van der Waals surface area contributed by atoms with Crippen LogP contribution in [0.4, 0.5) is 0 Å². The van der Waals surface area contributed by atoms with Gasteiger partial charge in [-0.2, -0.15) is 0 Å². The molecule has 1 aromatic carbocycles. The van der Waals surface area contributed by atoms with Crippen LogP contribution in [0, 0.1) is 0 Å². The summed E-state index contributed by atoms with van der Waals surface area (Å²) in [5, 5.41) is 8.88. The molecule has 0 bridgehead atoms. The Labute approximate surface area is 94.1 Å². The van der Waals surface area contributed by atoms with Gasteiger partial charge in [-0.25, -0.2) is 4.79 Å². The third-order valence-electron chi connectivity index (χ3n) is 3.43. The van der Waals surface area contributed by atoms with Crippen molar-refractivity contribution >= 4 is 11.8 Å². The summed E-state index contributed by atoms with van der Waals surface area (Å²) >= 11 is 0. The number of hydrogen-bond acceptors (Lipinski definition) is 2. The van der Waals surface area contributed by atoms with E-state index in [1.165, 1.54) is 0 Å². The van der Waals surface area contributed by atoms with Crippen molar-refractivity contribution in [2.24, 2.45) is 0 Å². The Kier molecular flexibility index (Phi) is 2.54. The van der Waals surface area contributed by atoms with E-state index < -0.39 is 17.2 Å². The molecule has 3 heteroatoms. The Hall–Kier alpha value is -1.64. The van der Waals surface area contributed by atoms with Crippen LogP contribution in [0.15, 0.2) is 24.3 Å². The standard InChI is InChI=1S/C13H14O3/c1-13(11(14)12(15)16)8-4-6-9-5-2-3-7-10(9)13/h2-3,5,7H,4,6,8H2,1H3,(H,15,16). The summed E-state index contributed by atoms with van der Waals surface area (Å²) in [4.78, 5) is 22.6. The molecule has 1 unspecified atom stereocenters. The van der Waals surface area contributed by atoms with Crippen LogP contribution >= 0.6 is 0 Å². The predicted octanol–water partition coefficient (Wildman–Crippen LogP) is 1.93. The van der Waals surface area contributed by atoms with E-state index in [9.17, 15) is 9.59 Å². The summed E-state index contributed by atoms with van der Waals surface area (Å²) in [6.45, 7) is 1.74. The van der Waals surface area contributed by atoms with Crippen LogP contribution in [0.1, 0.15) is 30.9 Å². The first-order chi connectivity index (χ1) is 7.55. The molecule has 0 radical (unpaired) electrons. The molecule has 16 heavy (non-hydrogen) atoms. The van der Waals surface area contributed by atoms with Gasteiger partial charge in [0.25, 0.3) is 0 Å². The zero-order chi connectivity index (χ0) is 11.8. The molecular formula is C13H14O3. The first-order valence-electron chi connectivity index (χ1n) is 5.42. The summed E-state index contributed by atoms with van der Waals surface area (Å²) in [6.07, 6.45) is 2.42. The second-order valence-corrected chi connectivity index (χ2v) is 4.48. The summed E-state index contributed by atoms with van der Waals surface area (Å²) in [5.74, 6) is -2.03. The van der Waals surface area contributed by atoms with E-state index in [1.54, 1.807) is 6.92 Å². The second-order valence-electron chi connectivity index (χ2n) is 4.48. The quantitative estimate of drug-likeness (QED) is 0.772. The molecule has 2 rings (SSSR count). The summed E-state index contributed by atoms with van der Waals surface area (Å²) in [6, 6.07) is 7.63. The molecule has 0 fully saturated rings. The molecular weight excluding hydrogens is 204 g/mol.